The van der Waals surface area contributed by atoms with Gasteiger partial charge in [0.15, 0.2) is 0 Å². The molecule has 0 radical (unpaired) electrons. The van der Waals surface area contributed by atoms with E-state index in [1.807, 2.05) is 0 Å². The number of aryl methyl sites for hydroxylation is 1. The lowest BCUT2D eigenvalue weighted by molar-refractivity contribution is -0.125. The highest BCUT2D eigenvalue weighted by Crippen LogP contribution is 2.63. The van der Waals surface area contributed by atoms with Crippen LogP contribution in [0, 0.1) is 18.3 Å². The van der Waals surface area contributed by atoms with E-state index < -0.39 is 5.41 Å². The van der Waals surface area contributed by atoms with Crippen LogP contribution in [0.5, 0.6) is 5.75 Å². The molecule has 3 atom stereocenters. The smallest absolute Gasteiger partial charge is 0.204 e. The van der Waals surface area contributed by atoms with Gasteiger partial charge in [-0.05, 0) is 131 Å². The lowest BCUT2D eigenvalue weighted by Crippen LogP contribution is -2.40. The summed E-state index contributed by atoms with van der Waals surface area (Å²) in [6.45, 7) is 11.4. The molecule has 3 aliphatic rings. The zero-order valence-electron chi connectivity index (χ0n) is 35.4. The van der Waals surface area contributed by atoms with Crippen LogP contribution in [0.4, 0.5) is 5.69 Å². The van der Waals surface area contributed by atoms with Gasteiger partial charge in [0.1, 0.15) is 11.5 Å². The highest BCUT2D eigenvalue weighted by Gasteiger charge is 2.61. The van der Waals surface area contributed by atoms with Crippen LogP contribution in [0.3, 0.4) is 0 Å². The number of hydrogen-bond donors (Lipinski definition) is 3. The van der Waals surface area contributed by atoms with Crippen molar-refractivity contribution in [3.8, 4) is 5.75 Å². The predicted octanol–water partition coefficient (Wildman–Crippen LogP) is 8.78. The van der Waals surface area contributed by atoms with Crippen LogP contribution in [-0.2, 0) is 16.1 Å². The Morgan fingerprint density at radius 1 is 1.07 bits per heavy atom. The number of carbonyl (C=O) groups excluding carboxylic acids is 2. The van der Waals surface area contributed by atoms with E-state index in [2.05, 4.69) is 122 Å². The summed E-state index contributed by atoms with van der Waals surface area (Å²) in [6, 6.07) is 24.4. The summed E-state index contributed by atoms with van der Waals surface area (Å²) in [6.07, 6.45) is 13.7. The van der Waals surface area contributed by atoms with Gasteiger partial charge < -0.3 is 25.8 Å². The Labute approximate surface area is 337 Å². The van der Waals surface area contributed by atoms with E-state index in [1.54, 1.807) is 21.0 Å². The summed E-state index contributed by atoms with van der Waals surface area (Å²) < 4.78 is 5.80. The van der Waals surface area contributed by atoms with Crippen molar-refractivity contribution in [3.63, 3.8) is 0 Å². The average Bonchev–Trinajstić information content (AvgIpc) is 3.92. The number of ketones is 1. The minimum Gasteiger partial charge on any atom is -0.497 e. The third kappa shape index (κ3) is 12.3. The molecular formula is C48H70N4O4. The van der Waals surface area contributed by atoms with Crippen molar-refractivity contribution in [3.05, 3.63) is 94.5 Å². The Bertz CT molecular complexity index is 1700. The second kappa shape index (κ2) is 22.1. The third-order valence-electron chi connectivity index (χ3n) is 11.7. The van der Waals surface area contributed by atoms with Gasteiger partial charge in [-0.1, -0.05) is 87.2 Å². The van der Waals surface area contributed by atoms with Crippen LogP contribution < -0.4 is 20.7 Å². The Kier molecular flexibility index (Phi) is 17.6. The van der Waals surface area contributed by atoms with Gasteiger partial charge in [0.25, 0.3) is 0 Å². The molecule has 6 rings (SSSR count). The number of methoxy groups -OCH3 is 1. The van der Waals surface area contributed by atoms with E-state index >= 15 is 4.79 Å². The van der Waals surface area contributed by atoms with E-state index in [4.69, 9.17) is 14.6 Å². The number of carbonyl (C=O) groups is 2. The molecule has 2 fully saturated rings. The fourth-order valence-electron chi connectivity index (χ4n) is 8.70. The van der Waals surface area contributed by atoms with Crippen molar-refractivity contribution in [2.45, 2.75) is 117 Å². The summed E-state index contributed by atoms with van der Waals surface area (Å²) in [5, 5.41) is 11.7. The molecule has 3 unspecified atom stereocenters. The molecule has 306 valence electrons. The molecule has 0 spiro atoms. The highest BCUT2D eigenvalue weighted by molar-refractivity contribution is 5.94. The summed E-state index contributed by atoms with van der Waals surface area (Å²) >= 11 is 0. The summed E-state index contributed by atoms with van der Waals surface area (Å²) in [5.41, 5.74) is 12.9. The second-order valence-electron chi connectivity index (χ2n) is 16.5. The topological polar surface area (TPSA) is 108 Å². The van der Waals surface area contributed by atoms with E-state index in [0.717, 1.165) is 44.8 Å². The maximum Gasteiger partial charge on any atom is 0.204 e. The maximum absolute atomic E-state index is 15.0. The lowest BCUT2D eigenvalue weighted by Gasteiger charge is -2.34. The van der Waals surface area contributed by atoms with Crippen LogP contribution in [0.15, 0.2) is 66.7 Å². The second-order valence-corrected chi connectivity index (χ2v) is 16.5. The summed E-state index contributed by atoms with van der Waals surface area (Å²) in [7, 11) is 6.19. The van der Waals surface area contributed by atoms with Gasteiger partial charge in [-0.25, -0.2) is 0 Å². The van der Waals surface area contributed by atoms with Gasteiger partial charge >= 0.3 is 0 Å². The van der Waals surface area contributed by atoms with Crippen LogP contribution in [-0.4, -0.2) is 75.2 Å². The number of anilines is 1. The van der Waals surface area contributed by atoms with Crippen molar-refractivity contribution in [2.75, 3.05) is 45.7 Å². The fraction of sp³-hybridized carbons (Fsp3) is 0.542. The SMILES string of the molecule is CC(C)O.CCCCNCCC(CC(=O)C12CC1c1cc(OC)ccc1/C=C(\C1CCCCC1)c1ccc(C)cc1N(C)C2)N(C)Cc1ccccc1.NC=O. The number of nitrogens with zero attached hydrogens (tertiary/aromatic N) is 2. The van der Waals surface area contributed by atoms with Crippen LogP contribution in [0.25, 0.3) is 11.6 Å². The fourth-order valence-corrected chi connectivity index (χ4v) is 8.70. The number of allylic oxidation sites excluding steroid dienone is 1. The Hall–Kier alpha value is -3.98. The summed E-state index contributed by atoms with van der Waals surface area (Å²) in [5.74, 6) is 2.00. The number of rotatable bonds is 14. The molecule has 2 saturated carbocycles. The molecule has 3 aromatic carbocycles. The van der Waals surface area contributed by atoms with Gasteiger partial charge in [-0.3, -0.25) is 14.5 Å². The number of fused-ring (bicyclic) bond motifs is 4. The zero-order valence-corrected chi connectivity index (χ0v) is 35.4. The van der Waals surface area contributed by atoms with Gasteiger partial charge in [0.05, 0.1) is 12.5 Å². The van der Waals surface area contributed by atoms with Crippen molar-refractivity contribution in [1.82, 2.24) is 10.2 Å². The third-order valence-corrected chi connectivity index (χ3v) is 11.7. The zero-order chi connectivity index (χ0) is 40.7. The van der Waals surface area contributed by atoms with E-state index in [9.17, 15) is 0 Å². The number of nitrogens with two attached hydrogens (primary N) is 1. The molecule has 1 heterocycles. The molecular weight excluding hydrogens is 697 g/mol. The normalized spacial score (nSPS) is 20.4. The van der Waals surface area contributed by atoms with E-state index in [-0.39, 0.29) is 24.5 Å². The van der Waals surface area contributed by atoms with Gasteiger partial charge in [-0.15, -0.1) is 0 Å². The first-order valence-corrected chi connectivity index (χ1v) is 21.0. The van der Waals surface area contributed by atoms with Crippen LogP contribution in [0.2, 0.25) is 0 Å². The van der Waals surface area contributed by atoms with E-state index in [1.165, 1.54) is 84.0 Å². The first-order valence-electron chi connectivity index (χ1n) is 21.0. The molecule has 3 aromatic rings. The molecule has 0 aromatic heterocycles. The molecule has 4 N–H and O–H groups in total. The minimum atomic E-state index is -0.436. The molecule has 1 aliphatic heterocycles. The van der Waals surface area contributed by atoms with Crippen LogP contribution >= 0.6 is 0 Å². The molecule has 56 heavy (non-hydrogen) atoms. The number of nitrogens with one attached hydrogen (secondary N) is 1. The molecule has 0 bridgehead atoms. The number of ether oxygens (including phenoxy) is 1. The van der Waals surface area contributed by atoms with Crippen molar-refractivity contribution in [1.29, 1.82) is 0 Å². The number of benzene rings is 3. The van der Waals surface area contributed by atoms with Crippen molar-refractivity contribution < 1.29 is 19.4 Å². The Balaban J connectivity index is 0.000000922. The van der Waals surface area contributed by atoms with Gasteiger partial charge in [-0.2, -0.15) is 0 Å². The predicted molar refractivity (Wildman–Crippen MR) is 233 cm³/mol. The van der Waals surface area contributed by atoms with Gasteiger partial charge in [0, 0.05) is 50.0 Å². The number of unbranched alkanes of at least 4 members (excludes halogenated alkanes) is 1. The molecule has 2 aliphatic carbocycles. The molecule has 8 nitrogen and oxygen atoms in total. The molecule has 0 saturated heterocycles. The first kappa shape index (κ1) is 44.7. The van der Waals surface area contributed by atoms with E-state index in [0.29, 0.717) is 18.1 Å². The number of hydrogen-bond acceptors (Lipinski definition) is 7. The number of aliphatic hydroxyl groups excluding tert-OH is 1. The highest BCUT2D eigenvalue weighted by atomic mass is 16.5. The quantitative estimate of drug-likeness (QED) is 0.111. The van der Waals surface area contributed by atoms with Gasteiger partial charge in [0.2, 0.25) is 6.41 Å². The maximum atomic E-state index is 15.0. The van der Waals surface area contributed by atoms with Crippen molar-refractivity contribution in [2.24, 2.45) is 17.1 Å². The Morgan fingerprint density at radius 2 is 1.77 bits per heavy atom. The largest absolute Gasteiger partial charge is 0.497 e. The van der Waals surface area contributed by atoms with Crippen molar-refractivity contribution >= 4 is 29.5 Å². The number of primary amides is 1. The molecule has 1 amide bonds. The lowest BCUT2D eigenvalue weighted by atomic mass is 9.78. The molecule has 8 heteroatoms. The first-order chi connectivity index (χ1) is 27.0. The van der Waals surface area contributed by atoms with Crippen LogP contribution in [0.1, 0.15) is 119 Å². The summed E-state index contributed by atoms with van der Waals surface area (Å²) in [4.78, 5) is 28.4. The Morgan fingerprint density at radius 3 is 2.43 bits per heavy atom. The standard InChI is InChI=1S/C44H59N3O2.C3H8O.CH3NO/c1-6-7-23-45-24-22-36(46(3)30-33-14-10-8-11-15-33)27-43(48)44-29-41(44)40-28-37(49-5)20-19-35(40)26-39(34-16-12-9-13-17-34)38-21-18-32(2)25-42(38)47(4)31-44;1-3(2)4;2-1-3/h8,10-11,14-15,18-21,25-26,28,34,36,41,45H,6-7,9,12-13,16-17,22-24,27,29-31H2,1-5H3;3-4H,1-2H3;1H,(H2,2,3)/b39-26+;;. The number of Topliss-reactive ketones (excluding diaryl/α,β-unsaturated/α-hetero) is 1. The minimum absolute atomic E-state index is 0.162. The monoisotopic (exact) mass is 767 g/mol. The number of aliphatic hydroxyl groups is 1. The average molecular weight is 767 g/mol. The number of amides is 1.